The number of hydrogen-bond donors (Lipinski definition) is 2. The van der Waals surface area contributed by atoms with E-state index in [-0.39, 0.29) is 0 Å². The fourth-order valence-electron chi connectivity index (χ4n) is 3.05. The minimum absolute atomic E-state index is 0.396. The van der Waals surface area contributed by atoms with Gasteiger partial charge in [0.25, 0.3) is 0 Å². The lowest BCUT2D eigenvalue weighted by molar-refractivity contribution is 0.204. The van der Waals surface area contributed by atoms with Gasteiger partial charge in [0.15, 0.2) is 5.65 Å². The summed E-state index contributed by atoms with van der Waals surface area (Å²) in [5.74, 6) is 1.38. The quantitative estimate of drug-likeness (QED) is 0.717. The molecule has 28 heavy (non-hydrogen) atoms. The number of carbonyl (C=O) groups is 1. The minimum Gasteiger partial charge on any atom is -0.497 e. The molecule has 0 saturated carbocycles. The van der Waals surface area contributed by atoms with Crippen LogP contribution in [0.2, 0.25) is 0 Å². The van der Waals surface area contributed by atoms with Crippen LogP contribution in [0.4, 0.5) is 10.7 Å². The van der Waals surface area contributed by atoms with Crippen molar-refractivity contribution in [3.05, 3.63) is 30.6 Å². The van der Waals surface area contributed by atoms with E-state index in [4.69, 9.17) is 15.5 Å². The lowest BCUT2D eigenvalue weighted by Gasteiger charge is -2.33. The Morgan fingerprint density at radius 2 is 1.79 bits per heavy atom. The van der Waals surface area contributed by atoms with E-state index in [2.05, 4.69) is 15.0 Å². The number of carbonyl (C=O) groups excluding carboxylic acids is 1. The van der Waals surface area contributed by atoms with Gasteiger partial charge in [-0.05, 0) is 24.3 Å². The zero-order valence-corrected chi connectivity index (χ0v) is 16.3. The van der Waals surface area contributed by atoms with Gasteiger partial charge in [0.05, 0.1) is 13.4 Å². The van der Waals surface area contributed by atoms with E-state index in [0.717, 1.165) is 22.5 Å². The Balaban J connectivity index is 0.00000109. The van der Waals surface area contributed by atoms with Gasteiger partial charge >= 0.3 is 6.03 Å². The fourth-order valence-corrected chi connectivity index (χ4v) is 3.05. The van der Waals surface area contributed by atoms with E-state index in [1.165, 1.54) is 0 Å². The first-order valence-corrected chi connectivity index (χ1v) is 9.30. The van der Waals surface area contributed by atoms with Crippen molar-refractivity contribution in [1.82, 2.24) is 24.8 Å². The fraction of sp³-hybridized carbons (Fsp3) is 0.368. The summed E-state index contributed by atoms with van der Waals surface area (Å²) in [6, 6.07) is 7.30. The highest BCUT2D eigenvalue weighted by atomic mass is 16.5. The highest BCUT2D eigenvalue weighted by molar-refractivity contribution is 5.88. The van der Waals surface area contributed by atoms with Gasteiger partial charge < -0.3 is 25.3 Å². The summed E-state index contributed by atoms with van der Waals surface area (Å²) in [5.41, 5.74) is 8.47. The highest BCUT2D eigenvalue weighted by Gasteiger charge is 2.23. The number of nitrogens with zero attached hydrogens (tertiary/aromatic N) is 5. The number of amides is 2. The topological polar surface area (TPSA) is 113 Å². The largest absolute Gasteiger partial charge is 0.497 e. The summed E-state index contributed by atoms with van der Waals surface area (Å²) < 4.78 is 5.22. The molecule has 0 unspecified atom stereocenters. The number of ether oxygens (including phenoxy) is 1. The highest BCUT2D eigenvalue weighted by Crippen LogP contribution is 2.28. The molecule has 2 amide bonds. The van der Waals surface area contributed by atoms with Crippen molar-refractivity contribution >= 4 is 23.1 Å². The van der Waals surface area contributed by atoms with Crippen LogP contribution in [0.5, 0.6) is 5.75 Å². The molecule has 1 fully saturated rings. The summed E-state index contributed by atoms with van der Waals surface area (Å²) in [6.45, 7) is 6.35. The summed E-state index contributed by atoms with van der Waals surface area (Å²) in [5, 5.41) is 0. The average molecular weight is 383 g/mol. The number of H-pyrrole nitrogens is 1. The van der Waals surface area contributed by atoms with Gasteiger partial charge in [0.2, 0.25) is 5.95 Å². The second kappa shape index (κ2) is 8.55. The van der Waals surface area contributed by atoms with E-state index >= 15 is 0 Å². The Labute approximate surface area is 163 Å². The number of aromatic amines is 1. The number of piperazine rings is 1. The molecule has 3 N–H and O–H groups in total. The Hall–Kier alpha value is -3.36. The van der Waals surface area contributed by atoms with Crippen LogP contribution in [0.15, 0.2) is 30.6 Å². The van der Waals surface area contributed by atoms with Crippen molar-refractivity contribution in [2.45, 2.75) is 13.8 Å². The van der Waals surface area contributed by atoms with Gasteiger partial charge in [-0.3, -0.25) is 0 Å². The Kier molecular flexibility index (Phi) is 5.93. The number of hydrogen-bond acceptors (Lipinski definition) is 6. The van der Waals surface area contributed by atoms with Crippen molar-refractivity contribution in [2.24, 2.45) is 5.73 Å². The van der Waals surface area contributed by atoms with Crippen LogP contribution in [0, 0.1) is 0 Å². The zero-order chi connectivity index (χ0) is 20.1. The van der Waals surface area contributed by atoms with Crippen LogP contribution in [-0.4, -0.2) is 64.2 Å². The Bertz CT molecular complexity index is 931. The van der Waals surface area contributed by atoms with Crippen LogP contribution in [0.1, 0.15) is 13.8 Å². The molecule has 0 bridgehead atoms. The molecule has 4 rings (SSSR count). The van der Waals surface area contributed by atoms with Crippen LogP contribution < -0.4 is 15.4 Å². The van der Waals surface area contributed by atoms with Gasteiger partial charge in [0.1, 0.15) is 17.0 Å². The number of benzene rings is 1. The van der Waals surface area contributed by atoms with Gasteiger partial charge in [-0.15, -0.1) is 0 Å². The first kappa shape index (κ1) is 19.4. The molecule has 3 heterocycles. The number of methoxy groups -OCH3 is 1. The van der Waals surface area contributed by atoms with Gasteiger partial charge in [0, 0.05) is 31.7 Å². The number of rotatable bonds is 3. The summed E-state index contributed by atoms with van der Waals surface area (Å²) in [7, 11) is 1.64. The number of nitrogens with one attached hydrogen (secondary N) is 1. The first-order valence-electron chi connectivity index (χ1n) is 9.30. The van der Waals surface area contributed by atoms with Gasteiger partial charge in [-0.2, -0.15) is 4.98 Å². The van der Waals surface area contributed by atoms with Crippen molar-refractivity contribution in [1.29, 1.82) is 0 Å². The molecule has 0 radical (unpaired) electrons. The molecule has 1 aromatic carbocycles. The Morgan fingerprint density at radius 3 is 2.39 bits per heavy atom. The maximum Gasteiger partial charge on any atom is 0.314 e. The van der Waals surface area contributed by atoms with Crippen molar-refractivity contribution in [2.75, 3.05) is 38.2 Å². The third-order valence-electron chi connectivity index (χ3n) is 4.51. The second-order valence-corrected chi connectivity index (χ2v) is 6.01. The lowest BCUT2D eigenvalue weighted by atomic mass is 10.1. The second-order valence-electron chi connectivity index (χ2n) is 6.01. The number of anilines is 1. The first-order chi connectivity index (χ1) is 13.7. The maximum atomic E-state index is 11.3. The maximum absolute atomic E-state index is 11.3. The molecule has 148 valence electrons. The molecule has 3 aromatic rings. The normalized spacial score (nSPS) is 13.8. The van der Waals surface area contributed by atoms with Gasteiger partial charge in [-0.25, -0.2) is 14.8 Å². The molecule has 0 spiro atoms. The van der Waals surface area contributed by atoms with E-state index < -0.39 is 6.03 Å². The van der Waals surface area contributed by atoms with Crippen molar-refractivity contribution in [3.63, 3.8) is 0 Å². The summed E-state index contributed by atoms with van der Waals surface area (Å²) >= 11 is 0. The van der Waals surface area contributed by atoms with Crippen LogP contribution in [0.3, 0.4) is 0 Å². The van der Waals surface area contributed by atoms with E-state index in [0.29, 0.717) is 37.8 Å². The van der Waals surface area contributed by atoms with E-state index in [9.17, 15) is 4.79 Å². The van der Waals surface area contributed by atoms with Crippen molar-refractivity contribution < 1.29 is 9.53 Å². The molecule has 1 aliphatic heterocycles. The average Bonchev–Trinajstić information content (AvgIpc) is 3.23. The molecule has 0 atom stereocenters. The smallest absolute Gasteiger partial charge is 0.314 e. The van der Waals surface area contributed by atoms with Gasteiger partial charge in [-0.1, -0.05) is 13.8 Å². The molecule has 2 aromatic heterocycles. The lowest BCUT2D eigenvalue weighted by Crippen LogP contribution is -2.51. The predicted molar refractivity (Wildman–Crippen MR) is 108 cm³/mol. The zero-order valence-electron chi connectivity index (χ0n) is 16.3. The monoisotopic (exact) mass is 383 g/mol. The third-order valence-corrected chi connectivity index (χ3v) is 4.51. The van der Waals surface area contributed by atoms with E-state index in [1.54, 1.807) is 18.3 Å². The standard InChI is InChI=1S/C17H19N7O2.C2H6/c1-26-12-4-2-11(3-5-12)13-14-15(20-10-19-14)22-17(21-13)24-8-6-23(7-9-24)16(18)25;1-2/h2-5,10H,6-9H2,1H3,(H2,18,25)(H,19,20,21,22);1-2H3. The molecule has 0 aliphatic carbocycles. The molecule has 1 saturated heterocycles. The number of primary amides is 1. The number of aromatic nitrogens is 4. The number of fused-ring (bicyclic) bond motifs is 1. The Morgan fingerprint density at radius 1 is 1.11 bits per heavy atom. The van der Waals surface area contributed by atoms with Crippen LogP contribution >= 0.6 is 0 Å². The minimum atomic E-state index is -0.396. The number of imidazole rings is 1. The molecular weight excluding hydrogens is 358 g/mol. The van der Waals surface area contributed by atoms with Crippen LogP contribution in [0.25, 0.3) is 22.4 Å². The molecule has 1 aliphatic rings. The molecular formula is C19H25N7O2. The van der Waals surface area contributed by atoms with E-state index in [1.807, 2.05) is 43.0 Å². The molecule has 9 heteroatoms. The predicted octanol–water partition coefficient (Wildman–Crippen LogP) is 2.26. The summed E-state index contributed by atoms with van der Waals surface area (Å²) in [6.07, 6.45) is 1.61. The van der Waals surface area contributed by atoms with Crippen molar-refractivity contribution in [3.8, 4) is 17.0 Å². The molecule has 9 nitrogen and oxygen atoms in total. The van der Waals surface area contributed by atoms with Crippen LogP contribution in [-0.2, 0) is 0 Å². The number of nitrogens with two attached hydrogens (primary N) is 1. The SMILES string of the molecule is CC.COc1ccc(-c2nc(N3CCN(C(N)=O)CC3)nc3nc[nH]c23)cc1. The summed E-state index contributed by atoms with van der Waals surface area (Å²) in [4.78, 5) is 31.7. The third kappa shape index (κ3) is 3.83. The number of urea groups is 1.